The SMILES string of the molecule is OCc1cc(F)ncc1-c1cccc(F)c1F. The molecule has 0 aliphatic carbocycles. The molecule has 1 aromatic heterocycles. The number of nitrogens with zero attached hydrogens (tertiary/aromatic N) is 1. The third-order valence-electron chi connectivity index (χ3n) is 2.37. The number of pyridine rings is 1. The summed E-state index contributed by atoms with van der Waals surface area (Å²) in [5, 5.41) is 9.05. The summed E-state index contributed by atoms with van der Waals surface area (Å²) in [6, 6.07) is 4.64. The standard InChI is InChI=1S/C12H8F3NO/c13-10-3-1-2-8(12(10)15)9-5-16-11(14)4-7(9)6-17/h1-5,17H,6H2. The van der Waals surface area contributed by atoms with Crippen LogP contribution in [-0.4, -0.2) is 10.1 Å². The van der Waals surface area contributed by atoms with Crippen LogP contribution in [0.5, 0.6) is 0 Å². The van der Waals surface area contributed by atoms with Gasteiger partial charge in [0.1, 0.15) is 0 Å². The zero-order chi connectivity index (χ0) is 12.4. The highest BCUT2D eigenvalue weighted by atomic mass is 19.2. The smallest absolute Gasteiger partial charge is 0.213 e. The van der Waals surface area contributed by atoms with Gasteiger partial charge in [-0.05, 0) is 17.7 Å². The molecule has 0 aliphatic rings. The Morgan fingerprint density at radius 2 is 1.88 bits per heavy atom. The summed E-state index contributed by atoms with van der Waals surface area (Å²) in [5.74, 6) is -2.83. The van der Waals surface area contributed by atoms with E-state index in [0.29, 0.717) is 0 Å². The Labute approximate surface area is 95.4 Å². The van der Waals surface area contributed by atoms with Crippen molar-refractivity contribution in [3.8, 4) is 11.1 Å². The molecular formula is C12H8F3NO. The second-order valence-electron chi connectivity index (χ2n) is 3.42. The van der Waals surface area contributed by atoms with Crippen LogP contribution in [0.1, 0.15) is 5.56 Å². The Balaban J connectivity index is 2.64. The molecule has 1 heterocycles. The molecule has 0 saturated heterocycles. The van der Waals surface area contributed by atoms with Gasteiger partial charge in [-0.15, -0.1) is 0 Å². The highest BCUT2D eigenvalue weighted by molar-refractivity contribution is 5.66. The summed E-state index contributed by atoms with van der Waals surface area (Å²) in [6.45, 7) is -0.481. The molecule has 2 aromatic rings. The first-order valence-corrected chi connectivity index (χ1v) is 4.83. The molecule has 0 aliphatic heterocycles. The molecule has 5 heteroatoms. The second kappa shape index (κ2) is 4.55. The summed E-state index contributed by atoms with van der Waals surface area (Å²) < 4.78 is 39.4. The van der Waals surface area contributed by atoms with Crippen LogP contribution < -0.4 is 0 Å². The van der Waals surface area contributed by atoms with Gasteiger partial charge in [-0.25, -0.2) is 13.8 Å². The fraction of sp³-hybridized carbons (Fsp3) is 0.0833. The zero-order valence-corrected chi connectivity index (χ0v) is 8.62. The zero-order valence-electron chi connectivity index (χ0n) is 8.62. The number of hydrogen-bond donors (Lipinski definition) is 1. The van der Waals surface area contributed by atoms with Gasteiger partial charge in [0.2, 0.25) is 5.95 Å². The van der Waals surface area contributed by atoms with Crippen LogP contribution >= 0.6 is 0 Å². The molecule has 0 radical (unpaired) electrons. The largest absolute Gasteiger partial charge is 0.392 e. The number of aliphatic hydroxyl groups is 1. The number of rotatable bonds is 2. The van der Waals surface area contributed by atoms with Gasteiger partial charge in [0.15, 0.2) is 11.6 Å². The van der Waals surface area contributed by atoms with E-state index in [-0.39, 0.29) is 16.7 Å². The summed E-state index contributed by atoms with van der Waals surface area (Å²) in [4.78, 5) is 3.37. The monoisotopic (exact) mass is 239 g/mol. The second-order valence-corrected chi connectivity index (χ2v) is 3.42. The molecule has 0 fully saturated rings. The van der Waals surface area contributed by atoms with Crippen molar-refractivity contribution in [3.05, 3.63) is 53.6 Å². The van der Waals surface area contributed by atoms with Gasteiger partial charge in [-0.2, -0.15) is 4.39 Å². The Bertz CT molecular complexity index is 557. The van der Waals surface area contributed by atoms with Crippen LogP contribution in [-0.2, 0) is 6.61 Å². The van der Waals surface area contributed by atoms with Gasteiger partial charge in [-0.1, -0.05) is 12.1 Å². The van der Waals surface area contributed by atoms with E-state index in [1.807, 2.05) is 0 Å². The van der Waals surface area contributed by atoms with Gasteiger partial charge in [0.25, 0.3) is 0 Å². The lowest BCUT2D eigenvalue weighted by atomic mass is 10.0. The number of hydrogen-bond acceptors (Lipinski definition) is 2. The number of aromatic nitrogens is 1. The lowest BCUT2D eigenvalue weighted by Gasteiger charge is -2.08. The third-order valence-corrected chi connectivity index (χ3v) is 2.37. The van der Waals surface area contributed by atoms with E-state index in [0.717, 1.165) is 18.3 Å². The molecule has 0 spiro atoms. The maximum absolute atomic E-state index is 13.5. The quantitative estimate of drug-likeness (QED) is 0.817. The molecule has 17 heavy (non-hydrogen) atoms. The van der Waals surface area contributed by atoms with Crippen molar-refractivity contribution >= 4 is 0 Å². The molecule has 0 atom stereocenters. The van der Waals surface area contributed by atoms with E-state index >= 15 is 0 Å². The maximum atomic E-state index is 13.5. The predicted molar refractivity (Wildman–Crippen MR) is 55.5 cm³/mol. The van der Waals surface area contributed by atoms with Gasteiger partial charge in [0.05, 0.1) is 6.61 Å². The van der Waals surface area contributed by atoms with Gasteiger partial charge in [0, 0.05) is 17.3 Å². The van der Waals surface area contributed by atoms with Crippen molar-refractivity contribution in [1.29, 1.82) is 0 Å². The summed E-state index contributed by atoms with van der Waals surface area (Å²) >= 11 is 0. The summed E-state index contributed by atoms with van der Waals surface area (Å²) in [5.41, 5.74) is 0.273. The third kappa shape index (κ3) is 2.14. The van der Waals surface area contributed by atoms with Crippen molar-refractivity contribution < 1.29 is 18.3 Å². The fourth-order valence-electron chi connectivity index (χ4n) is 1.55. The van der Waals surface area contributed by atoms with E-state index in [4.69, 9.17) is 5.11 Å². The highest BCUT2D eigenvalue weighted by Crippen LogP contribution is 2.27. The Hall–Kier alpha value is -1.88. The van der Waals surface area contributed by atoms with Crippen LogP contribution in [0, 0.1) is 17.6 Å². The van der Waals surface area contributed by atoms with Crippen LogP contribution in [0.2, 0.25) is 0 Å². The number of aliphatic hydroxyl groups excluding tert-OH is 1. The maximum Gasteiger partial charge on any atom is 0.213 e. The van der Waals surface area contributed by atoms with Crippen LogP contribution in [0.25, 0.3) is 11.1 Å². The molecule has 1 N–H and O–H groups in total. The van der Waals surface area contributed by atoms with Crippen LogP contribution in [0.4, 0.5) is 13.2 Å². The van der Waals surface area contributed by atoms with E-state index in [2.05, 4.69) is 4.98 Å². The first-order valence-electron chi connectivity index (χ1n) is 4.83. The first kappa shape index (κ1) is 11.6. The van der Waals surface area contributed by atoms with Gasteiger partial charge < -0.3 is 5.11 Å². The van der Waals surface area contributed by atoms with E-state index in [1.165, 1.54) is 12.1 Å². The Morgan fingerprint density at radius 3 is 2.59 bits per heavy atom. The van der Waals surface area contributed by atoms with E-state index in [9.17, 15) is 13.2 Å². The van der Waals surface area contributed by atoms with Crippen molar-refractivity contribution in [3.63, 3.8) is 0 Å². The van der Waals surface area contributed by atoms with Gasteiger partial charge in [-0.3, -0.25) is 0 Å². The van der Waals surface area contributed by atoms with Crippen LogP contribution in [0.15, 0.2) is 30.5 Å². The lowest BCUT2D eigenvalue weighted by Crippen LogP contribution is -1.97. The Kier molecular flexibility index (Phi) is 3.10. The van der Waals surface area contributed by atoms with Crippen molar-refractivity contribution in [2.75, 3.05) is 0 Å². The van der Waals surface area contributed by atoms with Gasteiger partial charge >= 0.3 is 0 Å². The normalized spacial score (nSPS) is 10.6. The molecule has 2 rings (SSSR count). The number of halogens is 3. The minimum Gasteiger partial charge on any atom is -0.392 e. The molecule has 0 amide bonds. The molecule has 0 bridgehead atoms. The molecule has 0 saturated carbocycles. The molecule has 0 unspecified atom stereocenters. The Morgan fingerprint density at radius 1 is 1.12 bits per heavy atom. The average molecular weight is 239 g/mol. The molecule has 1 aromatic carbocycles. The summed E-state index contributed by atoms with van der Waals surface area (Å²) in [6.07, 6.45) is 1.07. The first-order chi connectivity index (χ1) is 8.13. The predicted octanol–water partition coefficient (Wildman–Crippen LogP) is 2.66. The molecule has 88 valence electrons. The van der Waals surface area contributed by atoms with Crippen molar-refractivity contribution in [2.24, 2.45) is 0 Å². The molecular weight excluding hydrogens is 231 g/mol. The van der Waals surface area contributed by atoms with E-state index in [1.54, 1.807) is 0 Å². The lowest BCUT2D eigenvalue weighted by molar-refractivity contribution is 0.281. The minimum atomic E-state index is -1.05. The number of benzene rings is 1. The average Bonchev–Trinajstić information content (AvgIpc) is 2.33. The fourth-order valence-corrected chi connectivity index (χ4v) is 1.55. The minimum absolute atomic E-state index is 0.0541. The van der Waals surface area contributed by atoms with Crippen LogP contribution in [0.3, 0.4) is 0 Å². The summed E-state index contributed by atoms with van der Waals surface area (Å²) in [7, 11) is 0. The highest BCUT2D eigenvalue weighted by Gasteiger charge is 2.13. The molecule has 2 nitrogen and oxygen atoms in total. The van der Waals surface area contributed by atoms with Crippen molar-refractivity contribution in [2.45, 2.75) is 6.61 Å². The topological polar surface area (TPSA) is 33.1 Å². The van der Waals surface area contributed by atoms with Crippen molar-refractivity contribution in [1.82, 2.24) is 4.98 Å². The van der Waals surface area contributed by atoms with E-state index < -0.39 is 24.2 Å².